The molecule has 1 aromatic rings. The van der Waals surface area contributed by atoms with Crippen molar-refractivity contribution < 1.29 is 4.79 Å². The molecular formula is C13H21N3O. The quantitative estimate of drug-likeness (QED) is 0.796. The number of hydrogen-bond donors (Lipinski definition) is 2. The van der Waals surface area contributed by atoms with Crippen molar-refractivity contribution >= 4 is 11.6 Å². The summed E-state index contributed by atoms with van der Waals surface area (Å²) in [6.45, 7) is 6.94. The van der Waals surface area contributed by atoms with Gasteiger partial charge in [0.15, 0.2) is 0 Å². The maximum atomic E-state index is 11.6. The summed E-state index contributed by atoms with van der Waals surface area (Å²) in [6, 6.07) is 4.05. The standard InChI is InChI=1S/C13H21N3O/c1-4-8-14-13(17)12-7-6-11(9-15-12)16-10(3)5-2/h6-7,9-10,16H,4-5,8H2,1-3H3,(H,14,17). The van der Waals surface area contributed by atoms with Crippen LogP contribution in [0.2, 0.25) is 0 Å². The van der Waals surface area contributed by atoms with Gasteiger partial charge in [0.2, 0.25) is 0 Å². The molecule has 1 aromatic heterocycles. The third-order valence-electron chi connectivity index (χ3n) is 2.56. The van der Waals surface area contributed by atoms with E-state index >= 15 is 0 Å². The molecule has 4 nitrogen and oxygen atoms in total. The highest BCUT2D eigenvalue weighted by Crippen LogP contribution is 2.08. The van der Waals surface area contributed by atoms with E-state index in [0.717, 1.165) is 18.5 Å². The first-order valence-electron chi connectivity index (χ1n) is 6.18. The molecule has 1 heterocycles. The maximum Gasteiger partial charge on any atom is 0.269 e. The second kappa shape index (κ2) is 6.89. The van der Waals surface area contributed by atoms with E-state index in [-0.39, 0.29) is 5.91 Å². The first-order chi connectivity index (χ1) is 8.17. The number of carbonyl (C=O) groups excluding carboxylic acids is 1. The third kappa shape index (κ3) is 4.43. The van der Waals surface area contributed by atoms with Crippen LogP contribution < -0.4 is 10.6 Å². The largest absolute Gasteiger partial charge is 0.381 e. The van der Waals surface area contributed by atoms with Gasteiger partial charge in [-0.1, -0.05) is 13.8 Å². The number of anilines is 1. The molecule has 0 fully saturated rings. The van der Waals surface area contributed by atoms with Crippen LogP contribution in [0, 0.1) is 0 Å². The number of carbonyl (C=O) groups is 1. The Kier molecular flexibility index (Phi) is 5.46. The molecule has 4 heteroatoms. The molecule has 1 atom stereocenters. The lowest BCUT2D eigenvalue weighted by Crippen LogP contribution is -2.25. The molecule has 0 saturated heterocycles. The molecule has 1 amide bonds. The number of hydrogen-bond acceptors (Lipinski definition) is 3. The molecule has 0 aromatic carbocycles. The smallest absolute Gasteiger partial charge is 0.269 e. The summed E-state index contributed by atoms with van der Waals surface area (Å²) in [7, 11) is 0. The first kappa shape index (κ1) is 13.5. The SMILES string of the molecule is CCCNC(=O)c1ccc(NC(C)CC)cn1. The molecule has 1 unspecified atom stereocenters. The summed E-state index contributed by atoms with van der Waals surface area (Å²) in [6.07, 6.45) is 3.69. The summed E-state index contributed by atoms with van der Waals surface area (Å²) >= 11 is 0. The number of nitrogens with one attached hydrogen (secondary N) is 2. The van der Waals surface area contributed by atoms with Gasteiger partial charge in [-0.2, -0.15) is 0 Å². The van der Waals surface area contributed by atoms with Crippen molar-refractivity contribution in [2.45, 2.75) is 39.7 Å². The second-order valence-corrected chi connectivity index (χ2v) is 4.14. The van der Waals surface area contributed by atoms with Crippen molar-refractivity contribution in [3.05, 3.63) is 24.0 Å². The third-order valence-corrected chi connectivity index (χ3v) is 2.56. The fraction of sp³-hybridized carbons (Fsp3) is 0.538. The minimum Gasteiger partial charge on any atom is -0.381 e. The zero-order chi connectivity index (χ0) is 12.7. The van der Waals surface area contributed by atoms with Crippen molar-refractivity contribution in [3.8, 4) is 0 Å². The predicted octanol–water partition coefficient (Wildman–Crippen LogP) is 2.43. The number of pyridine rings is 1. The molecule has 17 heavy (non-hydrogen) atoms. The van der Waals surface area contributed by atoms with E-state index < -0.39 is 0 Å². The monoisotopic (exact) mass is 235 g/mol. The molecule has 0 radical (unpaired) electrons. The summed E-state index contributed by atoms with van der Waals surface area (Å²) in [5.41, 5.74) is 1.42. The highest BCUT2D eigenvalue weighted by atomic mass is 16.1. The number of rotatable bonds is 6. The summed E-state index contributed by atoms with van der Waals surface area (Å²) < 4.78 is 0. The van der Waals surface area contributed by atoms with Crippen LogP contribution in [-0.2, 0) is 0 Å². The number of nitrogens with zero attached hydrogens (tertiary/aromatic N) is 1. The molecule has 1 rings (SSSR count). The zero-order valence-corrected chi connectivity index (χ0v) is 10.8. The van der Waals surface area contributed by atoms with Crippen molar-refractivity contribution in [2.75, 3.05) is 11.9 Å². The summed E-state index contributed by atoms with van der Waals surface area (Å²) in [4.78, 5) is 15.7. The Morgan fingerprint density at radius 1 is 1.41 bits per heavy atom. The first-order valence-corrected chi connectivity index (χ1v) is 6.18. The van der Waals surface area contributed by atoms with E-state index in [1.807, 2.05) is 13.0 Å². The van der Waals surface area contributed by atoms with E-state index in [9.17, 15) is 4.79 Å². The van der Waals surface area contributed by atoms with Crippen molar-refractivity contribution in [2.24, 2.45) is 0 Å². The van der Waals surface area contributed by atoms with Crippen LogP contribution in [0.15, 0.2) is 18.3 Å². The fourth-order valence-corrected chi connectivity index (χ4v) is 1.33. The van der Waals surface area contributed by atoms with Gasteiger partial charge >= 0.3 is 0 Å². The minimum absolute atomic E-state index is 0.109. The Bertz CT molecular complexity index is 348. The topological polar surface area (TPSA) is 54.0 Å². The lowest BCUT2D eigenvalue weighted by Gasteiger charge is -2.12. The molecular weight excluding hydrogens is 214 g/mol. The Hall–Kier alpha value is -1.58. The van der Waals surface area contributed by atoms with Gasteiger partial charge in [0.05, 0.1) is 11.9 Å². The normalized spacial score (nSPS) is 11.9. The lowest BCUT2D eigenvalue weighted by molar-refractivity contribution is 0.0949. The van der Waals surface area contributed by atoms with Crippen molar-refractivity contribution in [3.63, 3.8) is 0 Å². The Balaban J connectivity index is 2.58. The second-order valence-electron chi connectivity index (χ2n) is 4.14. The van der Waals surface area contributed by atoms with Crippen LogP contribution in [0.25, 0.3) is 0 Å². The van der Waals surface area contributed by atoms with Gasteiger partial charge in [0, 0.05) is 12.6 Å². The van der Waals surface area contributed by atoms with Gasteiger partial charge in [0.25, 0.3) is 5.91 Å². The van der Waals surface area contributed by atoms with Crippen LogP contribution in [0.5, 0.6) is 0 Å². The van der Waals surface area contributed by atoms with E-state index in [1.54, 1.807) is 12.3 Å². The van der Waals surface area contributed by atoms with Gasteiger partial charge in [-0.05, 0) is 31.9 Å². The molecule has 0 aliphatic carbocycles. The Morgan fingerprint density at radius 2 is 2.18 bits per heavy atom. The lowest BCUT2D eigenvalue weighted by atomic mass is 10.2. The number of amides is 1. The van der Waals surface area contributed by atoms with Crippen molar-refractivity contribution in [1.82, 2.24) is 10.3 Å². The summed E-state index contributed by atoms with van der Waals surface area (Å²) in [5.74, 6) is -0.109. The fourth-order valence-electron chi connectivity index (χ4n) is 1.33. The minimum atomic E-state index is -0.109. The average molecular weight is 235 g/mol. The molecule has 0 aliphatic rings. The van der Waals surface area contributed by atoms with E-state index in [4.69, 9.17) is 0 Å². The Morgan fingerprint density at radius 3 is 2.71 bits per heavy atom. The maximum absolute atomic E-state index is 11.6. The van der Waals surface area contributed by atoms with Gasteiger partial charge in [-0.25, -0.2) is 4.98 Å². The molecule has 94 valence electrons. The van der Waals surface area contributed by atoms with Gasteiger partial charge in [-0.15, -0.1) is 0 Å². The van der Waals surface area contributed by atoms with Gasteiger partial charge < -0.3 is 10.6 Å². The van der Waals surface area contributed by atoms with E-state index in [2.05, 4.69) is 29.5 Å². The van der Waals surface area contributed by atoms with Gasteiger partial charge in [-0.3, -0.25) is 4.79 Å². The van der Waals surface area contributed by atoms with E-state index in [1.165, 1.54) is 0 Å². The van der Waals surface area contributed by atoms with Crippen LogP contribution in [-0.4, -0.2) is 23.5 Å². The van der Waals surface area contributed by atoms with Gasteiger partial charge in [0.1, 0.15) is 5.69 Å². The van der Waals surface area contributed by atoms with Crippen LogP contribution in [0.1, 0.15) is 44.1 Å². The van der Waals surface area contributed by atoms with Crippen molar-refractivity contribution in [1.29, 1.82) is 0 Å². The molecule has 0 aliphatic heterocycles. The highest BCUT2D eigenvalue weighted by Gasteiger charge is 2.06. The summed E-state index contributed by atoms with van der Waals surface area (Å²) in [5, 5.41) is 6.10. The average Bonchev–Trinajstić information content (AvgIpc) is 2.36. The molecule has 0 saturated carbocycles. The van der Waals surface area contributed by atoms with Crippen LogP contribution >= 0.6 is 0 Å². The molecule has 0 spiro atoms. The molecule has 0 bridgehead atoms. The predicted molar refractivity (Wildman–Crippen MR) is 70.2 cm³/mol. The van der Waals surface area contributed by atoms with Crippen LogP contribution in [0.3, 0.4) is 0 Å². The molecule has 2 N–H and O–H groups in total. The van der Waals surface area contributed by atoms with E-state index in [0.29, 0.717) is 18.3 Å². The van der Waals surface area contributed by atoms with Crippen LogP contribution in [0.4, 0.5) is 5.69 Å². The Labute approximate surface area is 103 Å². The number of aromatic nitrogens is 1. The zero-order valence-electron chi connectivity index (χ0n) is 10.8. The highest BCUT2D eigenvalue weighted by molar-refractivity contribution is 5.92.